The van der Waals surface area contributed by atoms with Crippen molar-refractivity contribution in [3.05, 3.63) is 175 Å². The van der Waals surface area contributed by atoms with Crippen molar-refractivity contribution in [2.75, 3.05) is 0 Å². The van der Waals surface area contributed by atoms with Crippen molar-refractivity contribution >= 4 is 10.8 Å². The molecule has 0 bridgehead atoms. The van der Waals surface area contributed by atoms with Crippen LogP contribution in [-0.4, -0.2) is 15.0 Å². The molecule has 7 aromatic carbocycles. The molecule has 7 heteroatoms. The molecule has 0 saturated heterocycles. The average molecular weight is 660 g/mol. The maximum Gasteiger partial charge on any atom is 0.164 e. The highest BCUT2D eigenvalue weighted by atomic mass is 19.1. The Labute approximate surface area is 285 Å². The first-order valence-electron chi connectivity index (χ1n) is 15.8. The summed E-state index contributed by atoms with van der Waals surface area (Å²) < 4.78 is 56.5. The molecule has 0 fully saturated rings. The van der Waals surface area contributed by atoms with E-state index in [1.165, 1.54) is 11.1 Å². The van der Waals surface area contributed by atoms with Crippen molar-refractivity contribution in [2.24, 2.45) is 0 Å². The van der Waals surface area contributed by atoms with E-state index in [-0.39, 0.29) is 28.6 Å². The van der Waals surface area contributed by atoms with Gasteiger partial charge in [-0.2, -0.15) is 0 Å². The van der Waals surface area contributed by atoms with Crippen molar-refractivity contribution in [3.8, 4) is 67.5 Å². The quantitative estimate of drug-likeness (QED) is 0.167. The molecular weight excluding hydrogens is 634 g/mol. The summed E-state index contributed by atoms with van der Waals surface area (Å²) in [6.45, 7) is 0. The second kappa shape index (κ2) is 12.9. The Morgan fingerprint density at radius 3 is 1.00 bits per heavy atom. The molecule has 1 aromatic heterocycles. The molecule has 0 unspecified atom stereocenters. The van der Waals surface area contributed by atoms with Crippen molar-refractivity contribution in [3.63, 3.8) is 0 Å². The summed E-state index contributed by atoms with van der Waals surface area (Å²) in [4.78, 5) is 13.3. The number of aromatic nitrogens is 3. The lowest BCUT2D eigenvalue weighted by Gasteiger charge is -2.10. The van der Waals surface area contributed by atoms with Gasteiger partial charge in [-0.3, -0.25) is 0 Å². The van der Waals surface area contributed by atoms with Crippen LogP contribution in [0.3, 0.4) is 0 Å². The van der Waals surface area contributed by atoms with Crippen LogP contribution >= 0.6 is 0 Å². The van der Waals surface area contributed by atoms with Crippen molar-refractivity contribution in [1.29, 1.82) is 0 Å². The fourth-order valence-electron chi connectivity index (χ4n) is 6.03. The van der Waals surface area contributed by atoms with Crippen LogP contribution in [-0.2, 0) is 0 Å². The Hall–Kier alpha value is -6.47. The van der Waals surface area contributed by atoms with Gasteiger partial charge >= 0.3 is 0 Å². The van der Waals surface area contributed by atoms with Gasteiger partial charge in [-0.05, 0) is 80.6 Å². The molecule has 0 N–H and O–H groups in total. The van der Waals surface area contributed by atoms with E-state index in [9.17, 15) is 17.6 Å². The Morgan fingerprint density at radius 1 is 0.260 bits per heavy atom. The third-order valence-corrected chi connectivity index (χ3v) is 8.52. The summed E-state index contributed by atoms with van der Waals surface area (Å²) in [5.41, 5.74) is 7.28. The minimum absolute atomic E-state index is 0.0433. The Bertz CT molecular complexity index is 2410. The van der Waals surface area contributed by atoms with Gasteiger partial charge in [0.15, 0.2) is 17.5 Å². The maximum atomic E-state index is 14.1. The van der Waals surface area contributed by atoms with E-state index in [4.69, 9.17) is 0 Å². The van der Waals surface area contributed by atoms with Crippen molar-refractivity contribution in [1.82, 2.24) is 15.0 Å². The van der Waals surface area contributed by atoms with Gasteiger partial charge in [-0.1, -0.05) is 103 Å². The van der Waals surface area contributed by atoms with Crippen LogP contribution in [0.1, 0.15) is 0 Å². The van der Waals surface area contributed by atoms with Crippen molar-refractivity contribution in [2.45, 2.75) is 0 Å². The number of rotatable bonds is 6. The number of fused-ring (bicyclic) bond motifs is 1. The Kier molecular flexibility index (Phi) is 7.93. The molecule has 8 rings (SSSR count). The Balaban J connectivity index is 1.10. The van der Waals surface area contributed by atoms with Crippen LogP contribution in [0, 0.1) is 23.3 Å². The van der Waals surface area contributed by atoms with E-state index in [0.717, 1.165) is 69.4 Å². The smallest absolute Gasteiger partial charge is 0.164 e. The van der Waals surface area contributed by atoms with Gasteiger partial charge in [0.25, 0.3) is 0 Å². The highest BCUT2D eigenvalue weighted by Crippen LogP contribution is 2.32. The summed E-state index contributed by atoms with van der Waals surface area (Å²) >= 11 is 0. The standard InChI is InChI=1S/C43H25F4N3/c44-37-20-35(21-38(45)24-37)42-48-41(49-43(50-42)36-22-39(46)25-40(47)23-36)30-12-10-29(11-13-30)32-15-17-33-18-31(14-16-34(33)19-32)28-8-6-27(7-9-28)26-4-2-1-3-5-26/h1-25H. The largest absolute Gasteiger partial charge is 0.208 e. The van der Waals surface area contributed by atoms with E-state index in [2.05, 4.69) is 87.7 Å². The molecule has 1 heterocycles. The van der Waals surface area contributed by atoms with Crippen LogP contribution in [0.5, 0.6) is 0 Å². The molecule has 0 aliphatic heterocycles. The van der Waals surface area contributed by atoms with E-state index in [1.807, 2.05) is 42.5 Å². The SMILES string of the molecule is Fc1cc(F)cc(-c2nc(-c3ccc(-c4ccc5cc(-c6ccc(-c7ccccc7)cc6)ccc5c4)cc3)nc(-c3cc(F)cc(F)c3)n2)c1. The molecular formula is C43H25F4N3. The normalized spacial score (nSPS) is 11.2. The average Bonchev–Trinajstić information content (AvgIpc) is 3.14. The Morgan fingerprint density at radius 2 is 0.580 bits per heavy atom. The van der Waals surface area contributed by atoms with E-state index in [1.54, 1.807) is 0 Å². The zero-order chi connectivity index (χ0) is 34.2. The molecule has 50 heavy (non-hydrogen) atoms. The van der Waals surface area contributed by atoms with Gasteiger partial charge in [0, 0.05) is 28.8 Å². The molecule has 3 nitrogen and oxygen atoms in total. The fourth-order valence-corrected chi connectivity index (χ4v) is 6.03. The molecule has 0 amide bonds. The molecule has 240 valence electrons. The lowest BCUT2D eigenvalue weighted by Crippen LogP contribution is -2.01. The summed E-state index contributed by atoms with van der Waals surface area (Å²) in [7, 11) is 0. The molecule has 0 saturated carbocycles. The highest BCUT2D eigenvalue weighted by molar-refractivity contribution is 5.91. The van der Waals surface area contributed by atoms with E-state index in [0.29, 0.717) is 5.56 Å². The fraction of sp³-hybridized carbons (Fsp3) is 0. The molecule has 0 atom stereocenters. The minimum atomic E-state index is -0.811. The number of halogens is 4. The second-order valence-corrected chi connectivity index (χ2v) is 11.9. The highest BCUT2D eigenvalue weighted by Gasteiger charge is 2.15. The number of benzene rings is 7. The number of hydrogen-bond acceptors (Lipinski definition) is 3. The predicted molar refractivity (Wildman–Crippen MR) is 190 cm³/mol. The number of nitrogens with zero attached hydrogens (tertiary/aromatic N) is 3. The van der Waals surface area contributed by atoms with E-state index >= 15 is 0 Å². The summed E-state index contributed by atoms with van der Waals surface area (Å²) in [6, 6.07) is 44.9. The maximum absolute atomic E-state index is 14.1. The van der Waals surface area contributed by atoms with Crippen LogP contribution in [0.4, 0.5) is 17.6 Å². The summed E-state index contributed by atoms with van der Waals surface area (Å²) in [5.74, 6) is -3.16. The zero-order valence-corrected chi connectivity index (χ0v) is 26.3. The third-order valence-electron chi connectivity index (χ3n) is 8.52. The monoisotopic (exact) mass is 659 g/mol. The number of hydrogen-bond donors (Lipinski definition) is 0. The van der Waals surface area contributed by atoms with Crippen LogP contribution in [0.2, 0.25) is 0 Å². The topological polar surface area (TPSA) is 38.7 Å². The first-order chi connectivity index (χ1) is 24.3. The summed E-state index contributed by atoms with van der Waals surface area (Å²) in [5, 5.41) is 2.20. The first kappa shape index (κ1) is 30.8. The van der Waals surface area contributed by atoms with Crippen LogP contribution in [0.25, 0.3) is 78.3 Å². The van der Waals surface area contributed by atoms with Gasteiger partial charge in [-0.15, -0.1) is 0 Å². The zero-order valence-electron chi connectivity index (χ0n) is 26.3. The van der Waals surface area contributed by atoms with Crippen molar-refractivity contribution < 1.29 is 17.6 Å². The van der Waals surface area contributed by atoms with Gasteiger partial charge in [0.2, 0.25) is 0 Å². The predicted octanol–water partition coefficient (Wildman–Crippen LogP) is 11.6. The lowest BCUT2D eigenvalue weighted by atomic mass is 9.96. The molecule has 0 radical (unpaired) electrons. The second-order valence-electron chi connectivity index (χ2n) is 11.9. The molecule has 0 aliphatic carbocycles. The third kappa shape index (κ3) is 6.36. The summed E-state index contributed by atoms with van der Waals surface area (Å²) in [6.07, 6.45) is 0. The minimum Gasteiger partial charge on any atom is -0.208 e. The van der Waals surface area contributed by atoms with E-state index < -0.39 is 23.3 Å². The van der Waals surface area contributed by atoms with Gasteiger partial charge in [-0.25, -0.2) is 32.5 Å². The molecule has 0 aliphatic rings. The van der Waals surface area contributed by atoms with Crippen LogP contribution in [0.15, 0.2) is 152 Å². The lowest BCUT2D eigenvalue weighted by molar-refractivity contribution is 0.583. The van der Waals surface area contributed by atoms with Gasteiger partial charge < -0.3 is 0 Å². The van der Waals surface area contributed by atoms with Crippen LogP contribution < -0.4 is 0 Å². The molecule has 0 spiro atoms. The van der Waals surface area contributed by atoms with Gasteiger partial charge in [0.1, 0.15) is 23.3 Å². The first-order valence-corrected chi connectivity index (χ1v) is 15.8. The van der Waals surface area contributed by atoms with Gasteiger partial charge in [0.05, 0.1) is 0 Å². The molecule has 8 aromatic rings.